The van der Waals surface area contributed by atoms with Crippen LogP contribution in [-0.2, 0) is 9.59 Å². The highest BCUT2D eigenvalue weighted by molar-refractivity contribution is 5.97. The minimum absolute atomic E-state index is 0.0935. The summed E-state index contributed by atoms with van der Waals surface area (Å²) in [4.78, 5) is 36.1. The van der Waals surface area contributed by atoms with E-state index in [9.17, 15) is 19.5 Å². The fourth-order valence-corrected chi connectivity index (χ4v) is 4.18. The molecule has 146 valence electrons. The molecule has 6 nitrogen and oxygen atoms in total. The summed E-state index contributed by atoms with van der Waals surface area (Å²) in [6.45, 7) is 0. The molecule has 0 bridgehead atoms. The van der Waals surface area contributed by atoms with Crippen molar-refractivity contribution in [2.24, 2.45) is 11.8 Å². The zero-order valence-corrected chi connectivity index (χ0v) is 15.5. The highest BCUT2D eigenvalue weighted by Gasteiger charge is 2.31. The van der Waals surface area contributed by atoms with Crippen LogP contribution in [-0.4, -0.2) is 23.8 Å². The standard InChI is InChI=1S/C21H28N2O4/c24-19(22-15-6-2-1-3-7-15)14-10-12-16(13-11-14)23-20(25)17-8-4-5-9-18(17)21(26)27/h10-13,15,17-18H,1-9H2,(H,22,24)(H,23,25)(H,26,27)/p-1/t17-,18+/m1/s1. The molecule has 1 aromatic carbocycles. The number of carboxylic acids is 1. The van der Waals surface area contributed by atoms with E-state index in [1.165, 1.54) is 6.42 Å². The molecule has 2 amide bonds. The fourth-order valence-electron chi connectivity index (χ4n) is 4.18. The number of aliphatic carboxylic acids is 1. The molecule has 27 heavy (non-hydrogen) atoms. The summed E-state index contributed by atoms with van der Waals surface area (Å²) in [5.41, 5.74) is 1.13. The van der Waals surface area contributed by atoms with E-state index in [2.05, 4.69) is 10.6 Å². The number of benzene rings is 1. The van der Waals surface area contributed by atoms with E-state index in [1.54, 1.807) is 24.3 Å². The van der Waals surface area contributed by atoms with E-state index in [0.717, 1.165) is 38.5 Å². The number of carbonyl (C=O) groups is 3. The van der Waals surface area contributed by atoms with Crippen molar-refractivity contribution < 1.29 is 19.5 Å². The Balaban J connectivity index is 1.57. The molecule has 0 aliphatic heterocycles. The van der Waals surface area contributed by atoms with Gasteiger partial charge in [-0.15, -0.1) is 0 Å². The maximum atomic E-state index is 12.5. The van der Waals surface area contributed by atoms with E-state index >= 15 is 0 Å². The third kappa shape index (κ3) is 5.08. The molecule has 2 saturated carbocycles. The molecule has 2 aliphatic carbocycles. The van der Waals surface area contributed by atoms with Gasteiger partial charge in [-0.2, -0.15) is 0 Å². The fraction of sp³-hybridized carbons (Fsp3) is 0.571. The summed E-state index contributed by atoms with van der Waals surface area (Å²) in [5, 5.41) is 17.1. The average molecular weight is 371 g/mol. The quantitative estimate of drug-likeness (QED) is 0.829. The Morgan fingerprint density at radius 3 is 2.04 bits per heavy atom. The van der Waals surface area contributed by atoms with Crippen LogP contribution in [0.15, 0.2) is 24.3 Å². The van der Waals surface area contributed by atoms with Crippen LogP contribution in [0.1, 0.15) is 68.1 Å². The highest BCUT2D eigenvalue weighted by atomic mass is 16.4. The molecule has 0 saturated heterocycles. The third-order valence-corrected chi connectivity index (χ3v) is 5.76. The lowest BCUT2D eigenvalue weighted by Gasteiger charge is -2.31. The second kappa shape index (κ2) is 9.02. The van der Waals surface area contributed by atoms with Gasteiger partial charge in [0.2, 0.25) is 5.91 Å². The van der Waals surface area contributed by atoms with Crippen molar-refractivity contribution >= 4 is 23.5 Å². The predicted molar refractivity (Wildman–Crippen MR) is 99.9 cm³/mol. The van der Waals surface area contributed by atoms with Crippen LogP contribution < -0.4 is 15.7 Å². The maximum Gasteiger partial charge on any atom is 0.251 e. The zero-order valence-electron chi connectivity index (χ0n) is 15.5. The van der Waals surface area contributed by atoms with Gasteiger partial charge in [0.1, 0.15) is 0 Å². The number of nitrogens with one attached hydrogen (secondary N) is 2. The van der Waals surface area contributed by atoms with Crippen molar-refractivity contribution in [2.75, 3.05) is 5.32 Å². The lowest BCUT2D eigenvalue weighted by atomic mass is 9.78. The van der Waals surface area contributed by atoms with Crippen molar-refractivity contribution in [3.63, 3.8) is 0 Å². The van der Waals surface area contributed by atoms with Gasteiger partial charge in [-0.3, -0.25) is 9.59 Å². The molecular formula is C21H27N2O4-. The normalized spacial score (nSPS) is 23.4. The van der Waals surface area contributed by atoms with Gasteiger partial charge < -0.3 is 20.5 Å². The first-order chi connectivity index (χ1) is 13.0. The molecule has 2 fully saturated rings. The Hall–Kier alpha value is -2.37. The van der Waals surface area contributed by atoms with E-state index in [4.69, 9.17) is 0 Å². The average Bonchev–Trinajstić information content (AvgIpc) is 2.69. The smallest absolute Gasteiger partial charge is 0.251 e. The van der Waals surface area contributed by atoms with E-state index in [-0.39, 0.29) is 17.9 Å². The number of rotatable bonds is 5. The number of carboxylic acid groups (broad SMARTS) is 1. The molecule has 0 aromatic heterocycles. The van der Waals surface area contributed by atoms with Crippen LogP contribution in [0.3, 0.4) is 0 Å². The largest absolute Gasteiger partial charge is 0.550 e. The lowest BCUT2D eigenvalue weighted by molar-refractivity contribution is -0.313. The second-order valence-electron chi connectivity index (χ2n) is 7.69. The summed E-state index contributed by atoms with van der Waals surface area (Å²) < 4.78 is 0. The Morgan fingerprint density at radius 2 is 1.41 bits per heavy atom. The predicted octanol–water partition coefficient (Wildman–Crippen LogP) is 2.24. The number of amides is 2. The molecule has 2 atom stereocenters. The number of hydrogen-bond acceptors (Lipinski definition) is 4. The second-order valence-corrected chi connectivity index (χ2v) is 7.69. The van der Waals surface area contributed by atoms with Crippen LogP contribution in [0.4, 0.5) is 5.69 Å². The molecule has 2 N–H and O–H groups in total. The van der Waals surface area contributed by atoms with Crippen LogP contribution >= 0.6 is 0 Å². The summed E-state index contributed by atoms with van der Waals surface area (Å²) in [5.74, 6) is -2.81. The van der Waals surface area contributed by atoms with Crippen molar-refractivity contribution in [1.29, 1.82) is 0 Å². The molecule has 0 heterocycles. The topological polar surface area (TPSA) is 98.3 Å². The van der Waals surface area contributed by atoms with Crippen LogP contribution in [0.25, 0.3) is 0 Å². The monoisotopic (exact) mass is 371 g/mol. The van der Waals surface area contributed by atoms with Gasteiger partial charge >= 0.3 is 0 Å². The lowest BCUT2D eigenvalue weighted by Crippen LogP contribution is -2.42. The molecule has 2 aliphatic rings. The van der Waals surface area contributed by atoms with E-state index < -0.39 is 17.8 Å². The highest BCUT2D eigenvalue weighted by Crippen LogP contribution is 2.30. The Morgan fingerprint density at radius 1 is 0.815 bits per heavy atom. The van der Waals surface area contributed by atoms with Crippen LogP contribution in [0, 0.1) is 11.8 Å². The van der Waals surface area contributed by atoms with Gasteiger partial charge in [-0.25, -0.2) is 0 Å². The molecule has 1 aromatic rings. The van der Waals surface area contributed by atoms with Crippen molar-refractivity contribution in [2.45, 2.75) is 63.8 Å². The van der Waals surface area contributed by atoms with Crippen molar-refractivity contribution in [3.05, 3.63) is 29.8 Å². The van der Waals surface area contributed by atoms with Gasteiger partial charge in [0.05, 0.1) is 0 Å². The van der Waals surface area contributed by atoms with E-state index in [0.29, 0.717) is 24.1 Å². The molecule has 0 radical (unpaired) electrons. The third-order valence-electron chi connectivity index (χ3n) is 5.76. The number of anilines is 1. The van der Waals surface area contributed by atoms with Crippen molar-refractivity contribution in [3.8, 4) is 0 Å². The number of hydrogen-bond donors (Lipinski definition) is 2. The Bertz CT molecular complexity index is 680. The zero-order chi connectivity index (χ0) is 19.2. The maximum absolute atomic E-state index is 12.5. The van der Waals surface area contributed by atoms with Gasteiger partial charge in [0, 0.05) is 35.1 Å². The summed E-state index contributed by atoms with van der Waals surface area (Å²) in [6, 6.07) is 6.99. The van der Waals surface area contributed by atoms with Gasteiger partial charge in [0.25, 0.3) is 5.91 Å². The summed E-state index contributed by atoms with van der Waals surface area (Å²) >= 11 is 0. The van der Waals surface area contributed by atoms with Gasteiger partial charge in [-0.1, -0.05) is 32.1 Å². The Kier molecular flexibility index (Phi) is 6.48. The summed E-state index contributed by atoms with van der Waals surface area (Å²) in [6.07, 6.45) is 8.32. The molecule has 0 spiro atoms. The van der Waals surface area contributed by atoms with E-state index in [1.807, 2.05) is 0 Å². The first-order valence-electron chi connectivity index (χ1n) is 9.97. The van der Waals surface area contributed by atoms with Gasteiger partial charge in [-0.05, 0) is 49.9 Å². The van der Waals surface area contributed by atoms with Crippen LogP contribution in [0.2, 0.25) is 0 Å². The van der Waals surface area contributed by atoms with Crippen molar-refractivity contribution in [1.82, 2.24) is 5.32 Å². The number of carbonyl (C=O) groups excluding carboxylic acids is 3. The van der Waals surface area contributed by atoms with Crippen LogP contribution in [0.5, 0.6) is 0 Å². The molecular weight excluding hydrogens is 344 g/mol. The van der Waals surface area contributed by atoms with Gasteiger partial charge in [0.15, 0.2) is 0 Å². The summed E-state index contributed by atoms with van der Waals surface area (Å²) in [7, 11) is 0. The first-order valence-corrected chi connectivity index (χ1v) is 9.97. The first kappa shape index (κ1) is 19.4. The molecule has 0 unspecified atom stereocenters. The molecule has 3 rings (SSSR count). The Labute approximate surface area is 159 Å². The minimum atomic E-state index is -1.15. The minimum Gasteiger partial charge on any atom is -0.550 e. The SMILES string of the molecule is O=C(NC1CCCCC1)c1ccc(NC(=O)[C@@H]2CCCC[C@@H]2C(=O)[O-])cc1. The molecule has 6 heteroatoms.